The fourth-order valence-corrected chi connectivity index (χ4v) is 2.68. The Morgan fingerprint density at radius 1 is 1.08 bits per heavy atom. The minimum atomic E-state index is -1.10. The minimum absolute atomic E-state index is 0. The molecule has 4 heteroatoms. The largest absolute Gasteiger partial charge is 0.396 e. The van der Waals surface area contributed by atoms with Gasteiger partial charge in [-0.1, -0.05) is 24.3 Å². The molecule has 0 bridgehead atoms. The Balaban J connectivity index is 0.00000144. The van der Waals surface area contributed by atoms with E-state index >= 15 is 0 Å². The molecule has 2 nitrogen and oxygen atoms in total. The molecule has 0 saturated heterocycles. The molecule has 71 valence electrons. The summed E-state index contributed by atoms with van der Waals surface area (Å²) < 4.78 is 11.1. The van der Waals surface area contributed by atoms with E-state index in [2.05, 4.69) is 12.2 Å². The summed E-state index contributed by atoms with van der Waals surface area (Å²) in [6.45, 7) is 5.50. The minimum Gasteiger partial charge on any atom is -0.393 e. The van der Waals surface area contributed by atoms with Gasteiger partial charge >= 0.3 is 9.28 Å². The molecule has 0 aromatic heterocycles. The zero-order valence-electron chi connectivity index (χ0n) is 8.12. The van der Waals surface area contributed by atoms with Gasteiger partial charge in [0.1, 0.15) is 0 Å². The first-order valence-electron chi connectivity index (χ1n) is 4.36. The fourth-order valence-electron chi connectivity index (χ4n) is 1.11. The SMILES string of the molecule is CCO[Si](OCC)C1C=CC=C1.[Zr]. The van der Waals surface area contributed by atoms with Crippen molar-refractivity contribution in [2.24, 2.45) is 0 Å². The van der Waals surface area contributed by atoms with Crippen LogP contribution in [-0.4, -0.2) is 22.5 Å². The summed E-state index contributed by atoms with van der Waals surface area (Å²) in [5.41, 5.74) is 0.398. The van der Waals surface area contributed by atoms with E-state index in [1.807, 2.05) is 26.0 Å². The van der Waals surface area contributed by atoms with Gasteiger partial charge in [-0.05, 0) is 13.8 Å². The third-order valence-corrected chi connectivity index (χ3v) is 3.67. The summed E-state index contributed by atoms with van der Waals surface area (Å²) in [4.78, 5) is 0. The molecule has 0 atom stereocenters. The number of rotatable bonds is 5. The quantitative estimate of drug-likeness (QED) is 0.714. The van der Waals surface area contributed by atoms with Crippen LogP contribution >= 0.6 is 0 Å². The van der Waals surface area contributed by atoms with Gasteiger partial charge in [0.05, 0.1) is 0 Å². The number of hydrogen-bond donors (Lipinski definition) is 0. The molecule has 0 aliphatic heterocycles. The van der Waals surface area contributed by atoms with E-state index in [9.17, 15) is 0 Å². The van der Waals surface area contributed by atoms with Gasteiger partial charge in [-0.15, -0.1) is 0 Å². The van der Waals surface area contributed by atoms with Gasteiger partial charge in [0.15, 0.2) is 0 Å². The summed E-state index contributed by atoms with van der Waals surface area (Å²) in [5, 5.41) is 0. The van der Waals surface area contributed by atoms with Crippen molar-refractivity contribution in [2.45, 2.75) is 19.4 Å². The van der Waals surface area contributed by atoms with Crippen molar-refractivity contribution < 1.29 is 35.1 Å². The van der Waals surface area contributed by atoms with Gasteiger partial charge in [0, 0.05) is 45.0 Å². The summed E-state index contributed by atoms with van der Waals surface area (Å²) in [6.07, 6.45) is 8.37. The molecule has 1 aliphatic carbocycles. The summed E-state index contributed by atoms with van der Waals surface area (Å²) in [6, 6.07) is 0. The number of allylic oxidation sites excluding steroid dienone is 4. The van der Waals surface area contributed by atoms with Gasteiger partial charge in [0.25, 0.3) is 0 Å². The number of hydrogen-bond acceptors (Lipinski definition) is 2. The van der Waals surface area contributed by atoms with E-state index in [4.69, 9.17) is 8.85 Å². The Morgan fingerprint density at radius 2 is 1.54 bits per heavy atom. The molecule has 13 heavy (non-hydrogen) atoms. The Kier molecular flexibility index (Phi) is 8.17. The van der Waals surface area contributed by atoms with Crippen molar-refractivity contribution >= 4 is 9.28 Å². The molecule has 0 amide bonds. The molecule has 0 aromatic carbocycles. The third kappa shape index (κ3) is 4.50. The first kappa shape index (κ1) is 13.5. The predicted octanol–water partition coefficient (Wildman–Crippen LogP) is 2.04. The first-order chi connectivity index (χ1) is 5.88. The maximum Gasteiger partial charge on any atom is 0.396 e. The second kappa shape index (κ2) is 7.86. The normalized spacial score (nSPS) is 15.3. The summed E-state index contributed by atoms with van der Waals surface area (Å²) in [5.74, 6) is 0. The maximum atomic E-state index is 5.54. The smallest absolute Gasteiger partial charge is 0.393 e. The van der Waals surface area contributed by atoms with Crippen molar-refractivity contribution in [3.63, 3.8) is 0 Å². The van der Waals surface area contributed by atoms with Crippen LogP contribution in [-0.2, 0) is 35.1 Å². The molecular formula is C9H15O2SiZr. The van der Waals surface area contributed by atoms with E-state index in [0.29, 0.717) is 5.54 Å². The Morgan fingerprint density at radius 3 is 1.92 bits per heavy atom. The van der Waals surface area contributed by atoms with E-state index < -0.39 is 9.28 Å². The van der Waals surface area contributed by atoms with Crippen LogP contribution in [0.1, 0.15) is 13.8 Å². The van der Waals surface area contributed by atoms with Gasteiger partial charge in [-0.3, -0.25) is 0 Å². The van der Waals surface area contributed by atoms with Gasteiger partial charge in [-0.2, -0.15) is 0 Å². The maximum absolute atomic E-state index is 5.54. The summed E-state index contributed by atoms with van der Waals surface area (Å²) >= 11 is 0. The molecule has 0 N–H and O–H groups in total. The van der Waals surface area contributed by atoms with Gasteiger partial charge in [0.2, 0.25) is 0 Å². The molecule has 0 unspecified atom stereocenters. The molecular weight excluding hydrogens is 259 g/mol. The molecule has 0 fully saturated rings. The monoisotopic (exact) mass is 273 g/mol. The Bertz CT molecular complexity index is 164. The van der Waals surface area contributed by atoms with Crippen LogP contribution in [0.4, 0.5) is 0 Å². The van der Waals surface area contributed by atoms with E-state index in [1.54, 1.807) is 0 Å². The van der Waals surface area contributed by atoms with Crippen molar-refractivity contribution in [1.29, 1.82) is 0 Å². The Hall–Kier alpha value is 0.500. The van der Waals surface area contributed by atoms with Crippen molar-refractivity contribution in [3.05, 3.63) is 24.3 Å². The van der Waals surface area contributed by atoms with Crippen LogP contribution in [0.5, 0.6) is 0 Å². The topological polar surface area (TPSA) is 18.5 Å². The molecule has 0 heterocycles. The zero-order valence-corrected chi connectivity index (χ0v) is 11.6. The first-order valence-corrected chi connectivity index (χ1v) is 5.75. The van der Waals surface area contributed by atoms with Crippen LogP contribution in [0.3, 0.4) is 0 Å². The van der Waals surface area contributed by atoms with E-state index in [1.165, 1.54) is 0 Å². The fraction of sp³-hybridized carbons (Fsp3) is 0.556. The van der Waals surface area contributed by atoms with E-state index in [0.717, 1.165) is 13.2 Å². The molecule has 0 spiro atoms. The van der Waals surface area contributed by atoms with Crippen molar-refractivity contribution in [2.75, 3.05) is 13.2 Å². The molecule has 1 aliphatic rings. The molecule has 0 saturated carbocycles. The molecule has 1 rings (SSSR count). The van der Waals surface area contributed by atoms with Crippen LogP contribution < -0.4 is 0 Å². The Labute approximate surface area is 101 Å². The zero-order chi connectivity index (χ0) is 8.81. The van der Waals surface area contributed by atoms with Crippen molar-refractivity contribution in [1.82, 2.24) is 0 Å². The van der Waals surface area contributed by atoms with Crippen molar-refractivity contribution in [3.8, 4) is 0 Å². The van der Waals surface area contributed by atoms with Crippen LogP contribution in [0.2, 0.25) is 5.54 Å². The summed E-state index contributed by atoms with van der Waals surface area (Å²) in [7, 11) is -1.10. The molecule has 0 aromatic rings. The predicted molar refractivity (Wildman–Crippen MR) is 51.0 cm³/mol. The van der Waals surface area contributed by atoms with Gasteiger partial charge in [-0.25, -0.2) is 0 Å². The second-order valence-corrected chi connectivity index (χ2v) is 4.36. The third-order valence-electron chi connectivity index (χ3n) is 1.59. The van der Waals surface area contributed by atoms with Crippen LogP contribution in [0, 0.1) is 0 Å². The van der Waals surface area contributed by atoms with Crippen LogP contribution in [0.15, 0.2) is 24.3 Å². The van der Waals surface area contributed by atoms with Crippen LogP contribution in [0.25, 0.3) is 0 Å². The second-order valence-electron chi connectivity index (χ2n) is 2.48. The average molecular weight is 275 g/mol. The average Bonchev–Trinajstić information content (AvgIpc) is 2.56. The van der Waals surface area contributed by atoms with Gasteiger partial charge < -0.3 is 8.85 Å². The van der Waals surface area contributed by atoms with E-state index in [-0.39, 0.29) is 26.2 Å². The molecule has 1 radical (unpaired) electrons. The standard InChI is InChI=1S/C9H15O2Si.Zr/c1-3-10-12(11-4-2)9-7-5-6-8-9;/h5-9H,3-4H2,1-2H3;.